The van der Waals surface area contributed by atoms with E-state index in [-0.39, 0.29) is 28.5 Å². The number of carbonyl (C=O) groups excluding carboxylic acids is 2. The summed E-state index contributed by atoms with van der Waals surface area (Å²) >= 11 is 11.8. The van der Waals surface area contributed by atoms with Crippen LogP contribution in [0.15, 0.2) is 36.4 Å². The van der Waals surface area contributed by atoms with Crippen LogP contribution in [0.2, 0.25) is 10.0 Å². The van der Waals surface area contributed by atoms with Gasteiger partial charge in [-0.15, -0.1) is 0 Å². The van der Waals surface area contributed by atoms with E-state index >= 15 is 0 Å². The van der Waals surface area contributed by atoms with Gasteiger partial charge in [0.15, 0.2) is 6.61 Å². The van der Waals surface area contributed by atoms with Crippen molar-refractivity contribution >= 4 is 40.7 Å². The maximum atomic E-state index is 13.7. The summed E-state index contributed by atoms with van der Waals surface area (Å²) in [5.74, 6) is -0.459. The van der Waals surface area contributed by atoms with Gasteiger partial charge in [0, 0.05) is 22.7 Å². The summed E-state index contributed by atoms with van der Waals surface area (Å²) in [4.78, 5) is 24.0. The van der Waals surface area contributed by atoms with Gasteiger partial charge in [0.2, 0.25) is 5.91 Å². The summed E-state index contributed by atoms with van der Waals surface area (Å²) in [6, 6.07) is 8.80. The summed E-state index contributed by atoms with van der Waals surface area (Å²) in [6.07, 6.45) is 1.84. The summed E-state index contributed by atoms with van der Waals surface area (Å²) in [5.41, 5.74) is 1.04. The molecular formula is C20H19Cl2FN2O3. The first-order chi connectivity index (χ1) is 13.3. The fourth-order valence-electron chi connectivity index (χ4n) is 2.63. The molecule has 0 aromatic heterocycles. The van der Waals surface area contributed by atoms with Crippen molar-refractivity contribution in [2.24, 2.45) is 5.92 Å². The number of halogens is 3. The minimum atomic E-state index is -0.608. The van der Waals surface area contributed by atoms with Crippen LogP contribution >= 0.6 is 23.2 Å². The smallest absolute Gasteiger partial charge is 0.258 e. The Morgan fingerprint density at radius 3 is 2.68 bits per heavy atom. The molecule has 2 amide bonds. The topological polar surface area (TPSA) is 67.4 Å². The van der Waals surface area contributed by atoms with Crippen LogP contribution in [-0.2, 0) is 9.59 Å². The number of hydrogen-bond donors (Lipinski definition) is 2. The molecule has 1 saturated carbocycles. The Morgan fingerprint density at radius 1 is 1.21 bits per heavy atom. The third-order valence-electron chi connectivity index (χ3n) is 4.30. The molecule has 1 atom stereocenters. The van der Waals surface area contributed by atoms with Crippen LogP contribution in [0.25, 0.3) is 0 Å². The Bertz CT molecular complexity index is 903. The number of hydrogen-bond acceptors (Lipinski definition) is 3. The predicted octanol–water partition coefficient (Wildman–Crippen LogP) is 4.74. The third kappa shape index (κ3) is 5.36. The number of carbonyl (C=O) groups is 2. The Labute approximate surface area is 172 Å². The number of amides is 2. The first-order valence-electron chi connectivity index (χ1n) is 8.81. The molecule has 8 heteroatoms. The van der Waals surface area contributed by atoms with Crippen molar-refractivity contribution in [1.29, 1.82) is 0 Å². The first-order valence-corrected chi connectivity index (χ1v) is 9.56. The Balaban J connectivity index is 1.54. The summed E-state index contributed by atoms with van der Waals surface area (Å²) < 4.78 is 19.1. The zero-order chi connectivity index (χ0) is 20.3. The van der Waals surface area contributed by atoms with Gasteiger partial charge in [-0.25, -0.2) is 4.39 Å². The quantitative estimate of drug-likeness (QED) is 0.630. The zero-order valence-electron chi connectivity index (χ0n) is 15.1. The Kier molecular flexibility index (Phi) is 6.42. The van der Waals surface area contributed by atoms with Gasteiger partial charge in [-0.2, -0.15) is 0 Å². The molecule has 0 saturated heterocycles. The fraction of sp³-hybridized carbons (Fsp3) is 0.300. The molecule has 5 nitrogen and oxygen atoms in total. The van der Waals surface area contributed by atoms with Gasteiger partial charge in [0.05, 0.1) is 11.1 Å². The van der Waals surface area contributed by atoms with Gasteiger partial charge < -0.3 is 15.4 Å². The molecule has 3 rings (SSSR count). The average molecular weight is 425 g/mol. The standard InChI is InChI=1S/C20H19Cl2FN2O3/c1-11(15-8-18(23)17(22)9-16(15)21)24-19(26)10-28-14-4-2-3-13(7-14)25-20(27)12-5-6-12/h2-4,7-9,11-12H,5-6,10H2,1H3,(H,24,26)(H,25,27). The van der Waals surface area contributed by atoms with Gasteiger partial charge in [-0.1, -0.05) is 29.3 Å². The van der Waals surface area contributed by atoms with Crippen LogP contribution < -0.4 is 15.4 Å². The van der Waals surface area contributed by atoms with E-state index in [1.165, 1.54) is 12.1 Å². The molecular weight excluding hydrogens is 406 g/mol. The van der Waals surface area contributed by atoms with Crippen molar-refractivity contribution in [3.8, 4) is 5.75 Å². The van der Waals surface area contributed by atoms with Gasteiger partial charge in [0.25, 0.3) is 5.91 Å². The van der Waals surface area contributed by atoms with Gasteiger partial charge in [0.1, 0.15) is 11.6 Å². The second kappa shape index (κ2) is 8.80. The minimum Gasteiger partial charge on any atom is -0.484 e. The van der Waals surface area contributed by atoms with Crippen LogP contribution in [0.5, 0.6) is 5.75 Å². The molecule has 0 radical (unpaired) electrons. The molecule has 0 aliphatic heterocycles. The first kappa shape index (κ1) is 20.4. The number of nitrogens with one attached hydrogen (secondary N) is 2. The Hall–Kier alpha value is -2.31. The fourth-order valence-corrected chi connectivity index (χ4v) is 3.18. The van der Waals surface area contributed by atoms with E-state index in [9.17, 15) is 14.0 Å². The molecule has 1 aliphatic rings. The molecule has 0 bridgehead atoms. The number of benzene rings is 2. The van der Waals surface area contributed by atoms with Crippen LogP contribution in [0.1, 0.15) is 31.4 Å². The highest BCUT2D eigenvalue weighted by molar-refractivity contribution is 6.35. The molecule has 1 unspecified atom stereocenters. The van der Waals surface area contributed by atoms with Crippen LogP contribution in [-0.4, -0.2) is 18.4 Å². The maximum absolute atomic E-state index is 13.7. The lowest BCUT2D eigenvalue weighted by molar-refractivity contribution is -0.123. The highest BCUT2D eigenvalue weighted by atomic mass is 35.5. The lowest BCUT2D eigenvalue weighted by Gasteiger charge is -2.17. The summed E-state index contributed by atoms with van der Waals surface area (Å²) in [5, 5.41) is 5.70. The molecule has 28 heavy (non-hydrogen) atoms. The zero-order valence-corrected chi connectivity index (χ0v) is 16.6. The van der Waals surface area contributed by atoms with E-state index in [0.29, 0.717) is 17.0 Å². The molecule has 0 spiro atoms. The van der Waals surface area contributed by atoms with Crippen LogP contribution in [0.3, 0.4) is 0 Å². The molecule has 1 aliphatic carbocycles. The second-order valence-electron chi connectivity index (χ2n) is 6.66. The van der Waals surface area contributed by atoms with E-state index in [1.807, 2.05) is 0 Å². The van der Waals surface area contributed by atoms with Crippen molar-refractivity contribution in [2.45, 2.75) is 25.8 Å². The lowest BCUT2D eigenvalue weighted by Crippen LogP contribution is -2.31. The molecule has 2 N–H and O–H groups in total. The number of rotatable bonds is 7. The highest BCUT2D eigenvalue weighted by Gasteiger charge is 2.29. The molecule has 1 fully saturated rings. The van der Waals surface area contributed by atoms with Crippen LogP contribution in [0, 0.1) is 11.7 Å². The van der Waals surface area contributed by atoms with E-state index in [2.05, 4.69) is 10.6 Å². The molecule has 2 aromatic rings. The van der Waals surface area contributed by atoms with Gasteiger partial charge in [-0.3, -0.25) is 9.59 Å². The largest absolute Gasteiger partial charge is 0.484 e. The third-order valence-corrected chi connectivity index (χ3v) is 4.92. The summed E-state index contributed by atoms with van der Waals surface area (Å²) in [7, 11) is 0. The van der Waals surface area contributed by atoms with E-state index in [4.69, 9.17) is 27.9 Å². The van der Waals surface area contributed by atoms with Crippen molar-refractivity contribution in [2.75, 3.05) is 11.9 Å². The average Bonchev–Trinajstić information content (AvgIpc) is 3.48. The Morgan fingerprint density at radius 2 is 1.96 bits per heavy atom. The van der Waals surface area contributed by atoms with Crippen molar-refractivity contribution in [3.05, 3.63) is 57.8 Å². The summed E-state index contributed by atoms with van der Waals surface area (Å²) in [6.45, 7) is 1.44. The van der Waals surface area contributed by atoms with Gasteiger partial charge >= 0.3 is 0 Å². The van der Waals surface area contributed by atoms with Crippen molar-refractivity contribution < 1.29 is 18.7 Å². The van der Waals surface area contributed by atoms with E-state index in [0.717, 1.165) is 12.8 Å². The second-order valence-corrected chi connectivity index (χ2v) is 7.47. The monoisotopic (exact) mass is 424 g/mol. The number of anilines is 1. The normalized spacial score (nSPS) is 14.3. The SMILES string of the molecule is CC(NC(=O)COc1cccc(NC(=O)C2CC2)c1)c1cc(F)c(Cl)cc1Cl. The van der Waals surface area contributed by atoms with E-state index in [1.54, 1.807) is 31.2 Å². The number of ether oxygens (including phenoxy) is 1. The lowest BCUT2D eigenvalue weighted by atomic mass is 10.1. The molecule has 0 heterocycles. The molecule has 2 aromatic carbocycles. The maximum Gasteiger partial charge on any atom is 0.258 e. The predicted molar refractivity (Wildman–Crippen MR) is 106 cm³/mol. The van der Waals surface area contributed by atoms with E-state index < -0.39 is 17.8 Å². The van der Waals surface area contributed by atoms with Crippen molar-refractivity contribution in [1.82, 2.24) is 5.32 Å². The highest BCUT2D eigenvalue weighted by Crippen LogP contribution is 2.31. The van der Waals surface area contributed by atoms with Gasteiger partial charge in [-0.05, 0) is 49.6 Å². The minimum absolute atomic E-state index is 0.00390. The van der Waals surface area contributed by atoms with Crippen LogP contribution in [0.4, 0.5) is 10.1 Å². The molecule has 148 valence electrons. The van der Waals surface area contributed by atoms with Crippen molar-refractivity contribution in [3.63, 3.8) is 0 Å².